The van der Waals surface area contributed by atoms with Gasteiger partial charge in [0.25, 0.3) is 0 Å². The van der Waals surface area contributed by atoms with Crippen molar-refractivity contribution >= 4 is 0 Å². The Kier molecular flexibility index (Phi) is 3.91. The third-order valence-corrected chi connectivity index (χ3v) is 4.51. The first kappa shape index (κ1) is 12.4. The van der Waals surface area contributed by atoms with Gasteiger partial charge in [-0.3, -0.25) is 0 Å². The van der Waals surface area contributed by atoms with Crippen molar-refractivity contribution in [1.82, 2.24) is 0 Å². The molecule has 4 unspecified atom stereocenters. The largest absolute Gasteiger partial charge is 0.393 e. The van der Waals surface area contributed by atoms with Crippen LogP contribution in [-0.4, -0.2) is 23.4 Å². The predicted molar refractivity (Wildman–Crippen MR) is 65.3 cm³/mol. The van der Waals surface area contributed by atoms with E-state index in [0.717, 1.165) is 44.1 Å². The van der Waals surface area contributed by atoms with Crippen LogP contribution in [0.15, 0.2) is 0 Å². The molecule has 0 radical (unpaired) electrons. The minimum absolute atomic E-state index is 0.0149. The smallest absolute Gasteiger partial charge is 0.0709 e. The lowest BCUT2D eigenvalue weighted by Crippen LogP contribution is -2.42. The molecular formula is C14H26O2. The van der Waals surface area contributed by atoms with Crippen molar-refractivity contribution in [3.63, 3.8) is 0 Å². The average Bonchev–Trinajstić information content (AvgIpc) is 2.37. The van der Waals surface area contributed by atoms with E-state index in [1.54, 1.807) is 0 Å². The van der Waals surface area contributed by atoms with E-state index in [4.69, 9.17) is 4.74 Å². The summed E-state index contributed by atoms with van der Waals surface area (Å²) in [5.74, 6) is 1.62. The summed E-state index contributed by atoms with van der Waals surface area (Å²) in [5.41, 5.74) is 0.0149. The monoisotopic (exact) mass is 226 g/mol. The summed E-state index contributed by atoms with van der Waals surface area (Å²) in [6.45, 7) is 5.40. The van der Waals surface area contributed by atoms with E-state index in [1.165, 1.54) is 19.3 Å². The number of aliphatic hydroxyl groups excluding tert-OH is 1. The standard InChI is InChI=1S/C14H26O2/c1-3-12-4-6-14(9-11(2)8-12)10-13(15)5-7-16-14/h11-13,15H,3-10H2,1-2H3. The zero-order chi connectivity index (χ0) is 11.6. The first-order valence-corrected chi connectivity index (χ1v) is 6.95. The first-order valence-electron chi connectivity index (χ1n) is 6.95. The molecule has 1 heterocycles. The highest BCUT2D eigenvalue weighted by atomic mass is 16.5. The van der Waals surface area contributed by atoms with E-state index in [0.29, 0.717) is 0 Å². The van der Waals surface area contributed by atoms with Crippen LogP contribution < -0.4 is 0 Å². The molecular weight excluding hydrogens is 200 g/mol. The molecule has 0 aromatic rings. The highest BCUT2D eigenvalue weighted by molar-refractivity contribution is 4.91. The van der Waals surface area contributed by atoms with Crippen LogP contribution >= 0.6 is 0 Å². The van der Waals surface area contributed by atoms with Gasteiger partial charge in [0.05, 0.1) is 11.7 Å². The Labute approximate surface area is 99.4 Å². The Hall–Kier alpha value is -0.0800. The van der Waals surface area contributed by atoms with E-state index < -0.39 is 0 Å². The van der Waals surface area contributed by atoms with E-state index in [1.807, 2.05) is 0 Å². The molecule has 0 aromatic carbocycles. The summed E-state index contributed by atoms with van der Waals surface area (Å²) in [6, 6.07) is 0. The molecule has 2 heteroatoms. The van der Waals surface area contributed by atoms with Crippen molar-refractivity contribution in [2.45, 2.75) is 70.5 Å². The van der Waals surface area contributed by atoms with Crippen molar-refractivity contribution < 1.29 is 9.84 Å². The lowest BCUT2D eigenvalue weighted by molar-refractivity contribution is -0.129. The van der Waals surface area contributed by atoms with Crippen LogP contribution in [0.25, 0.3) is 0 Å². The number of rotatable bonds is 1. The fourth-order valence-electron chi connectivity index (χ4n) is 3.66. The van der Waals surface area contributed by atoms with Crippen molar-refractivity contribution in [3.05, 3.63) is 0 Å². The number of hydrogen-bond acceptors (Lipinski definition) is 2. The molecule has 0 bridgehead atoms. The van der Waals surface area contributed by atoms with Crippen LogP contribution in [0.4, 0.5) is 0 Å². The van der Waals surface area contributed by atoms with Crippen LogP contribution in [0.2, 0.25) is 0 Å². The molecule has 4 atom stereocenters. The predicted octanol–water partition coefficient (Wildman–Crippen LogP) is 3.13. The Morgan fingerprint density at radius 3 is 2.81 bits per heavy atom. The molecule has 0 aromatic heterocycles. The van der Waals surface area contributed by atoms with Gasteiger partial charge in [0.2, 0.25) is 0 Å². The maximum Gasteiger partial charge on any atom is 0.0709 e. The fraction of sp³-hybridized carbons (Fsp3) is 1.00. The summed E-state index contributed by atoms with van der Waals surface area (Å²) in [5, 5.41) is 9.85. The van der Waals surface area contributed by atoms with Gasteiger partial charge in [-0.2, -0.15) is 0 Å². The molecule has 0 amide bonds. The molecule has 16 heavy (non-hydrogen) atoms. The Morgan fingerprint density at radius 2 is 2.12 bits per heavy atom. The molecule has 1 aliphatic carbocycles. The molecule has 2 fully saturated rings. The Bertz CT molecular complexity index is 229. The van der Waals surface area contributed by atoms with Gasteiger partial charge >= 0.3 is 0 Å². The lowest BCUT2D eigenvalue weighted by atomic mass is 9.82. The van der Waals surface area contributed by atoms with Gasteiger partial charge in [-0.1, -0.05) is 20.3 Å². The summed E-state index contributed by atoms with van der Waals surface area (Å²) in [6.07, 6.45) is 7.81. The van der Waals surface area contributed by atoms with Gasteiger partial charge < -0.3 is 9.84 Å². The minimum atomic E-state index is -0.126. The fourth-order valence-corrected chi connectivity index (χ4v) is 3.66. The summed E-state index contributed by atoms with van der Waals surface area (Å²) in [4.78, 5) is 0. The van der Waals surface area contributed by atoms with Gasteiger partial charge in [0, 0.05) is 13.0 Å². The van der Waals surface area contributed by atoms with Crippen LogP contribution in [0, 0.1) is 11.8 Å². The first-order chi connectivity index (χ1) is 7.63. The van der Waals surface area contributed by atoms with Crippen LogP contribution in [0.3, 0.4) is 0 Å². The molecule has 1 saturated heterocycles. The van der Waals surface area contributed by atoms with Crippen molar-refractivity contribution in [1.29, 1.82) is 0 Å². The maximum absolute atomic E-state index is 9.85. The topological polar surface area (TPSA) is 29.5 Å². The molecule has 2 aliphatic rings. The summed E-state index contributed by atoms with van der Waals surface area (Å²) in [7, 11) is 0. The SMILES string of the molecule is CCC1CCC2(CC(C)C1)CC(O)CCO2. The lowest BCUT2D eigenvalue weighted by Gasteiger charge is -2.40. The Morgan fingerprint density at radius 1 is 1.31 bits per heavy atom. The third kappa shape index (κ3) is 2.78. The van der Waals surface area contributed by atoms with Crippen LogP contribution in [0.5, 0.6) is 0 Å². The van der Waals surface area contributed by atoms with E-state index in [-0.39, 0.29) is 11.7 Å². The number of ether oxygens (including phenoxy) is 1. The Balaban J connectivity index is 2.03. The second kappa shape index (κ2) is 5.05. The van der Waals surface area contributed by atoms with E-state index in [9.17, 15) is 5.11 Å². The second-order valence-electron chi connectivity index (χ2n) is 6.04. The van der Waals surface area contributed by atoms with E-state index >= 15 is 0 Å². The van der Waals surface area contributed by atoms with Crippen LogP contribution in [-0.2, 0) is 4.74 Å². The van der Waals surface area contributed by atoms with Crippen molar-refractivity contribution in [2.75, 3.05) is 6.61 Å². The minimum Gasteiger partial charge on any atom is -0.393 e. The number of aliphatic hydroxyl groups is 1. The van der Waals surface area contributed by atoms with Gasteiger partial charge in [-0.25, -0.2) is 0 Å². The highest BCUT2D eigenvalue weighted by Gasteiger charge is 2.40. The average molecular weight is 226 g/mol. The molecule has 2 nitrogen and oxygen atoms in total. The maximum atomic E-state index is 9.85. The molecule has 1 N–H and O–H groups in total. The second-order valence-corrected chi connectivity index (χ2v) is 6.04. The zero-order valence-electron chi connectivity index (χ0n) is 10.7. The highest BCUT2D eigenvalue weighted by Crippen LogP contribution is 2.42. The van der Waals surface area contributed by atoms with E-state index in [2.05, 4.69) is 13.8 Å². The van der Waals surface area contributed by atoms with Crippen molar-refractivity contribution in [2.24, 2.45) is 11.8 Å². The zero-order valence-corrected chi connectivity index (χ0v) is 10.7. The summed E-state index contributed by atoms with van der Waals surface area (Å²) < 4.78 is 6.06. The summed E-state index contributed by atoms with van der Waals surface area (Å²) >= 11 is 0. The molecule has 1 spiro atoms. The molecule has 1 saturated carbocycles. The normalized spacial score (nSPS) is 45.6. The van der Waals surface area contributed by atoms with Gasteiger partial charge in [-0.15, -0.1) is 0 Å². The van der Waals surface area contributed by atoms with Crippen molar-refractivity contribution in [3.8, 4) is 0 Å². The van der Waals surface area contributed by atoms with Gasteiger partial charge in [0.1, 0.15) is 0 Å². The molecule has 94 valence electrons. The number of hydrogen-bond donors (Lipinski definition) is 1. The van der Waals surface area contributed by atoms with Gasteiger partial charge in [0.15, 0.2) is 0 Å². The quantitative estimate of drug-likeness (QED) is 0.744. The van der Waals surface area contributed by atoms with Crippen LogP contribution in [0.1, 0.15) is 58.8 Å². The third-order valence-electron chi connectivity index (χ3n) is 4.51. The molecule has 2 rings (SSSR count). The van der Waals surface area contributed by atoms with Gasteiger partial charge in [-0.05, 0) is 43.9 Å². The molecule has 1 aliphatic heterocycles.